The van der Waals surface area contributed by atoms with E-state index in [1.54, 1.807) is 0 Å². The van der Waals surface area contributed by atoms with Gasteiger partial charge in [0, 0.05) is 51.6 Å². The van der Waals surface area contributed by atoms with Crippen molar-refractivity contribution in [2.75, 3.05) is 11.9 Å². The van der Waals surface area contributed by atoms with E-state index in [1.165, 1.54) is 22.0 Å². The monoisotopic (exact) mass is 474 g/mol. The standard InChI is InChI=1S/C32H30N2O2/c1-32(2)27(33(3)26-17-16-19-10-4-5-11-20(19)28(26)32)18-23-30(35)29(31(23)36)34-24-14-8-6-12-21(24)22-13-7-9-15-25(22)34/h4-18,23,29-31,35-36H,1-3H3. The fraction of sp³-hybridized carbons (Fsp3) is 0.250. The van der Waals surface area contributed by atoms with Crippen molar-refractivity contribution < 1.29 is 10.2 Å². The predicted octanol–water partition coefficient (Wildman–Crippen LogP) is 6.15. The van der Waals surface area contributed by atoms with Gasteiger partial charge in [-0.1, -0.05) is 86.7 Å². The Kier molecular flexibility index (Phi) is 4.48. The summed E-state index contributed by atoms with van der Waals surface area (Å²) in [5, 5.41) is 27.8. The number of anilines is 1. The van der Waals surface area contributed by atoms with Crippen molar-refractivity contribution in [2.24, 2.45) is 5.92 Å². The Morgan fingerprint density at radius 2 is 1.28 bits per heavy atom. The smallest absolute Gasteiger partial charge is 0.0874 e. The zero-order valence-electron chi connectivity index (χ0n) is 20.8. The van der Waals surface area contributed by atoms with Crippen LogP contribution < -0.4 is 4.90 Å². The number of aliphatic hydroxyl groups is 2. The number of hydrogen-bond acceptors (Lipinski definition) is 3. The fourth-order valence-corrected chi connectivity index (χ4v) is 6.87. The van der Waals surface area contributed by atoms with Crippen LogP contribution in [0.1, 0.15) is 25.5 Å². The van der Waals surface area contributed by atoms with Crippen LogP contribution in [-0.4, -0.2) is 34.0 Å². The number of hydrogen-bond donors (Lipinski definition) is 2. The number of fused-ring (bicyclic) bond motifs is 6. The van der Waals surface area contributed by atoms with Gasteiger partial charge in [-0.3, -0.25) is 0 Å². The molecule has 1 aromatic heterocycles. The Morgan fingerprint density at radius 3 is 1.92 bits per heavy atom. The molecule has 2 heterocycles. The minimum absolute atomic E-state index is 0.248. The molecule has 4 aromatic carbocycles. The van der Waals surface area contributed by atoms with Crippen molar-refractivity contribution in [1.29, 1.82) is 0 Å². The average molecular weight is 475 g/mol. The minimum atomic E-state index is -0.684. The zero-order valence-corrected chi connectivity index (χ0v) is 20.8. The second-order valence-electron chi connectivity index (χ2n) is 10.9. The van der Waals surface area contributed by atoms with Crippen molar-refractivity contribution in [3.8, 4) is 0 Å². The molecule has 2 unspecified atom stereocenters. The van der Waals surface area contributed by atoms with Gasteiger partial charge >= 0.3 is 0 Å². The number of benzene rings is 4. The first-order chi connectivity index (χ1) is 17.4. The lowest BCUT2D eigenvalue weighted by Gasteiger charge is -2.47. The molecule has 1 aliphatic carbocycles. The van der Waals surface area contributed by atoms with Gasteiger partial charge in [-0.15, -0.1) is 0 Å². The van der Waals surface area contributed by atoms with Gasteiger partial charge in [-0.2, -0.15) is 0 Å². The molecule has 4 heteroatoms. The first-order valence-corrected chi connectivity index (χ1v) is 12.7. The number of rotatable bonds is 2. The largest absolute Gasteiger partial charge is 0.390 e. The van der Waals surface area contributed by atoms with Gasteiger partial charge in [0.25, 0.3) is 0 Å². The van der Waals surface area contributed by atoms with Crippen LogP contribution in [0.2, 0.25) is 0 Å². The molecule has 1 saturated carbocycles. The Balaban J connectivity index is 1.31. The van der Waals surface area contributed by atoms with Crippen LogP contribution >= 0.6 is 0 Å². The first-order valence-electron chi connectivity index (χ1n) is 12.7. The third kappa shape index (κ3) is 2.71. The molecule has 5 aromatic rings. The van der Waals surface area contributed by atoms with Crippen LogP contribution in [0.5, 0.6) is 0 Å². The third-order valence-electron chi connectivity index (χ3n) is 8.65. The van der Waals surface area contributed by atoms with E-state index >= 15 is 0 Å². The maximum atomic E-state index is 11.5. The highest BCUT2D eigenvalue weighted by Gasteiger charge is 2.51. The summed E-state index contributed by atoms with van der Waals surface area (Å²) in [4.78, 5) is 2.23. The van der Waals surface area contributed by atoms with Gasteiger partial charge < -0.3 is 19.7 Å². The molecule has 1 fully saturated rings. The summed E-state index contributed by atoms with van der Waals surface area (Å²) in [6.07, 6.45) is 0.752. The molecule has 1 aliphatic heterocycles. The highest BCUT2D eigenvalue weighted by atomic mass is 16.3. The molecule has 7 rings (SSSR count). The molecule has 36 heavy (non-hydrogen) atoms. The van der Waals surface area contributed by atoms with Crippen LogP contribution in [-0.2, 0) is 5.41 Å². The van der Waals surface area contributed by atoms with Gasteiger partial charge in [0.1, 0.15) is 0 Å². The number of aromatic nitrogens is 1. The average Bonchev–Trinajstić information content (AvgIpc) is 3.31. The number of nitrogens with zero attached hydrogens (tertiary/aromatic N) is 2. The highest BCUT2D eigenvalue weighted by molar-refractivity contribution is 6.08. The molecule has 4 nitrogen and oxygen atoms in total. The minimum Gasteiger partial charge on any atom is -0.390 e. The van der Waals surface area contributed by atoms with Crippen molar-refractivity contribution in [2.45, 2.75) is 37.5 Å². The van der Waals surface area contributed by atoms with E-state index in [0.29, 0.717) is 0 Å². The third-order valence-corrected chi connectivity index (χ3v) is 8.65. The lowest BCUT2D eigenvalue weighted by Crippen LogP contribution is -2.55. The van der Waals surface area contributed by atoms with Gasteiger partial charge in [0.05, 0.1) is 18.2 Å². The highest BCUT2D eigenvalue weighted by Crippen LogP contribution is 2.52. The van der Waals surface area contributed by atoms with E-state index in [4.69, 9.17) is 0 Å². The molecule has 0 radical (unpaired) electrons. The van der Waals surface area contributed by atoms with Crippen molar-refractivity contribution >= 4 is 38.3 Å². The van der Waals surface area contributed by atoms with Crippen LogP contribution in [0.15, 0.2) is 96.7 Å². The summed E-state index contributed by atoms with van der Waals surface area (Å²) in [5.74, 6) is -0.341. The zero-order chi connectivity index (χ0) is 24.8. The van der Waals surface area contributed by atoms with Crippen LogP contribution in [0.3, 0.4) is 0 Å². The van der Waals surface area contributed by atoms with Crippen molar-refractivity contribution in [3.05, 3.63) is 102 Å². The van der Waals surface area contributed by atoms with Crippen LogP contribution in [0, 0.1) is 5.92 Å². The summed E-state index contributed by atoms with van der Waals surface area (Å²) >= 11 is 0. The lowest BCUT2D eigenvalue weighted by atomic mass is 9.71. The summed E-state index contributed by atoms with van der Waals surface area (Å²) in [6.45, 7) is 4.49. The summed E-state index contributed by atoms with van der Waals surface area (Å²) in [6, 6.07) is 29.0. The molecule has 2 aliphatic rings. The van der Waals surface area contributed by atoms with Crippen LogP contribution in [0.4, 0.5) is 5.69 Å². The maximum Gasteiger partial charge on any atom is 0.0874 e. The van der Waals surface area contributed by atoms with E-state index in [1.807, 2.05) is 24.3 Å². The number of likely N-dealkylation sites (N-methyl/N-ethyl adjacent to an activating group) is 1. The SMILES string of the molecule is CN1C(=CC2C(O)C(n3c4ccccc4c4ccccc43)C2O)C(C)(C)c2c1ccc1ccccc21. The number of para-hydroxylation sites is 2. The van der Waals surface area contributed by atoms with E-state index in [2.05, 4.69) is 97.1 Å². The molecule has 0 amide bonds. The molecular formula is C32H30N2O2. The Labute approximate surface area is 210 Å². The Bertz CT molecular complexity index is 1630. The van der Waals surface area contributed by atoms with E-state index in [0.717, 1.165) is 27.5 Å². The van der Waals surface area contributed by atoms with Gasteiger partial charge in [-0.05, 0) is 34.5 Å². The Hall–Kier alpha value is -3.60. The topological polar surface area (TPSA) is 48.6 Å². The molecule has 2 N–H and O–H groups in total. The van der Waals surface area contributed by atoms with Gasteiger partial charge in [0.15, 0.2) is 0 Å². The number of aliphatic hydroxyl groups excluding tert-OH is 2. The number of allylic oxidation sites excluding steroid dienone is 1. The van der Waals surface area contributed by atoms with E-state index in [-0.39, 0.29) is 11.3 Å². The van der Waals surface area contributed by atoms with E-state index in [9.17, 15) is 10.2 Å². The first kappa shape index (κ1) is 21.7. The summed E-state index contributed by atoms with van der Waals surface area (Å²) in [5.41, 5.74) is 5.46. The van der Waals surface area contributed by atoms with Gasteiger partial charge in [-0.25, -0.2) is 0 Å². The lowest BCUT2D eigenvalue weighted by molar-refractivity contribution is -0.119. The van der Waals surface area contributed by atoms with Crippen molar-refractivity contribution in [1.82, 2.24) is 4.57 Å². The quantitative estimate of drug-likeness (QED) is 0.323. The van der Waals surface area contributed by atoms with Gasteiger partial charge in [0.2, 0.25) is 0 Å². The second kappa shape index (κ2) is 7.45. The normalized spacial score (nSPS) is 26.1. The van der Waals surface area contributed by atoms with Crippen LogP contribution in [0.25, 0.3) is 32.6 Å². The summed E-state index contributed by atoms with van der Waals surface area (Å²) < 4.78 is 2.14. The molecule has 0 bridgehead atoms. The molecule has 180 valence electrons. The fourth-order valence-electron chi connectivity index (χ4n) is 6.87. The molecule has 0 saturated heterocycles. The van der Waals surface area contributed by atoms with E-state index < -0.39 is 18.2 Å². The summed E-state index contributed by atoms with van der Waals surface area (Å²) in [7, 11) is 2.09. The molecule has 0 spiro atoms. The predicted molar refractivity (Wildman–Crippen MR) is 147 cm³/mol. The maximum absolute atomic E-state index is 11.5. The molecule has 2 atom stereocenters. The van der Waals surface area contributed by atoms with Crippen molar-refractivity contribution in [3.63, 3.8) is 0 Å². The Morgan fingerprint density at radius 1 is 0.722 bits per heavy atom. The molecular weight excluding hydrogens is 444 g/mol. The second-order valence-corrected chi connectivity index (χ2v) is 10.9.